The second kappa shape index (κ2) is 6.78. The molecule has 1 saturated heterocycles. The van der Waals surface area contributed by atoms with Crippen molar-refractivity contribution in [1.82, 2.24) is 14.6 Å². The zero-order chi connectivity index (χ0) is 18.3. The summed E-state index contributed by atoms with van der Waals surface area (Å²) in [7, 11) is 0. The fourth-order valence-electron chi connectivity index (χ4n) is 3.81. The lowest BCUT2D eigenvalue weighted by atomic mass is 10.0. The summed E-state index contributed by atoms with van der Waals surface area (Å²) in [5.74, 6) is -0.713. The van der Waals surface area contributed by atoms with Crippen molar-refractivity contribution in [2.24, 2.45) is 0 Å². The van der Waals surface area contributed by atoms with Gasteiger partial charge in [0, 0.05) is 12.5 Å². The largest absolute Gasteiger partial charge is 0.389 e. The fourth-order valence-corrected chi connectivity index (χ4v) is 3.81. The Hall–Kier alpha value is -2.31. The summed E-state index contributed by atoms with van der Waals surface area (Å²) in [4.78, 5) is 4.11. The van der Waals surface area contributed by atoms with Gasteiger partial charge in [-0.3, -0.25) is 0 Å². The van der Waals surface area contributed by atoms with Gasteiger partial charge in [0.15, 0.2) is 5.82 Å². The van der Waals surface area contributed by atoms with Crippen molar-refractivity contribution in [1.29, 1.82) is 5.26 Å². The molecule has 0 unspecified atom stereocenters. The second-order valence-electron chi connectivity index (χ2n) is 6.85. The van der Waals surface area contributed by atoms with E-state index >= 15 is 0 Å². The summed E-state index contributed by atoms with van der Waals surface area (Å²) in [6.07, 6.45) is 1.46. The van der Waals surface area contributed by atoms with Crippen LogP contribution in [0.15, 0.2) is 6.20 Å². The maximum atomic E-state index is 14.6. The molecule has 7 nitrogen and oxygen atoms in total. The molecule has 2 aromatic rings. The van der Waals surface area contributed by atoms with E-state index in [-0.39, 0.29) is 42.0 Å². The molecule has 4 rings (SSSR count). The summed E-state index contributed by atoms with van der Waals surface area (Å²) in [5.41, 5.74) is 0.400. The molecule has 2 aromatic heterocycles. The predicted molar refractivity (Wildman–Crippen MR) is 88.0 cm³/mol. The number of aliphatic hydroxyl groups is 1. The molecule has 2 aliphatic rings. The lowest BCUT2D eigenvalue weighted by Gasteiger charge is -2.28. The molecule has 0 bridgehead atoms. The number of halogens is 2. The summed E-state index contributed by atoms with van der Waals surface area (Å²) < 4.78 is 34.8. The van der Waals surface area contributed by atoms with Gasteiger partial charge in [0.1, 0.15) is 23.3 Å². The second-order valence-corrected chi connectivity index (χ2v) is 6.85. The van der Waals surface area contributed by atoms with Crippen LogP contribution in [0.4, 0.5) is 14.7 Å². The van der Waals surface area contributed by atoms with Gasteiger partial charge in [-0.1, -0.05) is 0 Å². The number of aromatic nitrogens is 3. The highest BCUT2D eigenvalue weighted by Crippen LogP contribution is 2.39. The summed E-state index contributed by atoms with van der Waals surface area (Å²) >= 11 is 0. The quantitative estimate of drug-likeness (QED) is 0.865. The molecule has 1 aliphatic carbocycles. The number of ether oxygens (including phenoxy) is 1. The SMILES string of the molecule is N#Cc1c(F)c2cnc(N[C@@H]3CCOC[C@H]3O)nn2c1[C@H]1CC[C@H](F)C1. The van der Waals surface area contributed by atoms with Crippen LogP contribution < -0.4 is 5.32 Å². The molecule has 9 heteroatoms. The maximum absolute atomic E-state index is 14.6. The van der Waals surface area contributed by atoms with E-state index in [0.29, 0.717) is 31.6 Å². The molecule has 0 radical (unpaired) electrons. The lowest BCUT2D eigenvalue weighted by Crippen LogP contribution is -2.42. The van der Waals surface area contributed by atoms with E-state index in [0.717, 1.165) is 0 Å². The standard InChI is InChI=1S/C17H19F2N5O2/c18-10-2-1-9(5-10)16-11(6-20)15(19)13-7-21-17(23-24(13)16)22-12-3-4-26-8-14(12)25/h7,9-10,12,14,25H,1-5,8H2,(H,22,23)/t9-,10-,12+,14+/m0/s1. The molecule has 26 heavy (non-hydrogen) atoms. The van der Waals surface area contributed by atoms with Gasteiger partial charge in [-0.25, -0.2) is 18.3 Å². The minimum atomic E-state index is -0.947. The number of hydrogen-bond donors (Lipinski definition) is 2. The lowest BCUT2D eigenvalue weighted by molar-refractivity contribution is -0.0136. The van der Waals surface area contributed by atoms with Gasteiger partial charge in [-0.05, 0) is 25.7 Å². The topological polar surface area (TPSA) is 95.5 Å². The van der Waals surface area contributed by atoms with E-state index in [2.05, 4.69) is 15.4 Å². The Morgan fingerprint density at radius 1 is 1.38 bits per heavy atom. The van der Waals surface area contributed by atoms with Crippen LogP contribution in [0.5, 0.6) is 0 Å². The molecule has 0 spiro atoms. The van der Waals surface area contributed by atoms with Crippen LogP contribution in [0.1, 0.15) is 42.9 Å². The molecule has 3 heterocycles. The number of nitrogens with one attached hydrogen (secondary N) is 1. The van der Waals surface area contributed by atoms with Gasteiger partial charge in [-0.15, -0.1) is 5.10 Å². The van der Waals surface area contributed by atoms with Crippen LogP contribution >= 0.6 is 0 Å². The Morgan fingerprint density at radius 3 is 2.92 bits per heavy atom. The summed E-state index contributed by atoms with van der Waals surface area (Å²) in [5, 5.41) is 26.8. The molecule has 1 aliphatic heterocycles. The van der Waals surface area contributed by atoms with E-state index in [1.165, 1.54) is 10.7 Å². The number of nitrogens with zero attached hydrogens (tertiary/aromatic N) is 4. The van der Waals surface area contributed by atoms with Crippen molar-refractivity contribution in [3.05, 3.63) is 23.3 Å². The predicted octanol–water partition coefficient (Wildman–Crippen LogP) is 1.91. The van der Waals surface area contributed by atoms with Gasteiger partial charge < -0.3 is 15.2 Å². The van der Waals surface area contributed by atoms with Crippen LogP contribution in [-0.2, 0) is 4.74 Å². The van der Waals surface area contributed by atoms with E-state index in [4.69, 9.17) is 4.74 Å². The molecule has 2 fully saturated rings. The number of rotatable bonds is 3. The average molecular weight is 363 g/mol. The first kappa shape index (κ1) is 17.1. The molecule has 1 saturated carbocycles. The molecule has 2 N–H and O–H groups in total. The van der Waals surface area contributed by atoms with Crippen molar-refractivity contribution < 1.29 is 18.6 Å². The van der Waals surface area contributed by atoms with Crippen molar-refractivity contribution in [2.75, 3.05) is 18.5 Å². The zero-order valence-corrected chi connectivity index (χ0v) is 14.0. The first-order valence-electron chi connectivity index (χ1n) is 8.72. The van der Waals surface area contributed by atoms with Gasteiger partial charge in [0.2, 0.25) is 5.95 Å². The Balaban J connectivity index is 1.73. The van der Waals surface area contributed by atoms with Crippen molar-refractivity contribution in [3.63, 3.8) is 0 Å². The Bertz CT molecular complexity index is 865. The minimum Gasteiger partial charge on any atom is -0.389 e. The van der Waals surface area contributed by atoms with Crippen LogP contribution in [0.3, 0.4) is 0 Å². The first-order chi connectivity index (χ1) is 12.6. The fraction of sp³-hybridized carbons (Fsp3) is 0.588. The number of hydrogen-bond acceptors (Lipinski definition) is 6. The van der Waals surface area contributed by atoms with E-state index < -0.39 is 18.1 Å². The third-order valence-electron chi connectivity index (χ3n) is 5.17. The minimum absolute atomic E-state index is 0.0944. The summed E-state index contributed by atoms with van der Waals surface area (Å²) in [6.45, 7) is 0.737. The zero-order valence-electron chi connectivity index (χ0n) is 14.0. The third kappa shape index (κ3) is 2.89. The van der Waals surface area contributed by atoms with Gasteiger partial charge in [-0.2, -0.15) is 5.26 Å². The van der Waals surface area contributed by atoms with E-state index in [9.17, 15) is 19.1 Å². The van der Waals surface area contributed by atoms with E-state index in [1.807, 2.05) is 6.07 Å². The van der Waals surface area contributed by atoms with Gasteiger partial charge in [0.05, 0.1) is 30.6 Å². The third-order valence-corrected chi connectivity index (χ3v) is 5.17. The average Bonchev–Trinajstić information content (AvgIpc) is 3.17. The Labute approximate surface area is 148 Å². The van der Waals surface area contributed by atoms with Crippen molar-refractivity contribution in [2.45, 2.75) is 49.9 Å². The van der Waals surface area contributed by atoms with E-state index in [1.54, 1.807) is 0 Å². The van der Waals surface area contributed by atoms with Gasteiger partial charge >= 0.3 is 0 Å². The number of alkyl halides is 1. The van der Waals surface area contributed by atoms with Crippen LogP contribution in [-0.4, -0.2) is 51.2 Å². The normalized spacial score (nSPS) is 29.0. The number of nitriles is 1. The van der Waals surface area contributed by atoms with Crippen molar-refractivity contribution in [3.8, 4) is 6.07 Å². The number of anilines is 1. The molecular formula is C17H19F2N5O2. The Morgan fingerprint density at radius 2 is 2.23 bits per heavy atom. The van der Waals surface area contributed by atoms with Crippen LogP contribution in [0.2, 0.25) is 0 Å². The van der Waals surface area contributed by atoms with Crippen molar-refractivity contribution >= 4 is 11.5 Å². The molecule has 0 amide bonds. The molecule has 4 atom stereocenters. The highest BCUT2D eigenvalue weighted by atomic mass is 19.1. The Kier molecular flexibility index (Phi) is 4.46. The smallest absolute Gasteiger partial charge is 0.241 e. The molecule has 138 valence electrons. The van der Waals surface area contributed by atoms with Crippen LogP contribution in [0.25, 0.3) is 5.52 Å². The number of aliphatic hydroxyl groups excluding tert-OH is 1. The highest BCUT2D eigenvalue weighted by molar-refractivity contribution is 5.58. The molecular weight excluding hydrogens is 344 g/mol. The number of fused-ring (bicyclic) bond motifs is 1. The maximum Gasteiger partial charge on any atom is 0.241 e. The van der Waals surface area contributed by atoms with Crippen LogP contribution in [0, 0.1) is 17.1 Å². The first-order valence-corrected chi connectivity index (χ1v) is 8.72. The highest BCUT2D eigenvalue weighted by Gasteiger charge is 2.33. The summed E-state index contributed by atoms with van der Waals surface area (Å²) in [6, 6.07) is 1.61. The molecule has 0 aromatic carbocycles. The monoisotopic (exact) mass is 363 g/mol. The van der Waals surface area contributed by atoms with Gasteiger partial charge in [0.25, 0.3) is 0 Å².